The molecule has 5 heteroatoms. The zero-order chi connectivity index (χ0) is 12.4. The topological polar surface area (TPSA) is 39.4 Å². The van der Waals surface area contributed by atoms with E-state index in [0.717, 1.165) is 26.8 Å². The van der Waals surface area contributed by atoms with Crippen LogP contribution in [0.4, 0.5) is 0 Å². The van der Waals surface area contributed by atoms with E-state index in [1.54, 1.807) is 13.0 Å². The molecule has 0 radical (unpaired) electrons. The van der Waals surface area contributed by atoms with E-state index >= 15 is 0 Å². The second-order valence-electron chi connectivity index (χ2n) is 3.51. The predicted molar refractivity (Wildman–Crippen MR) is 68.6 cm³/mol. The second-order valence-corrected chi connectivity index (χ2v) is 4.60. The third-order valence-corrected chi connectivity index (χ3v) is 3.42. The number of benzene rings is 1. The van der Waals surface area contributed by atoms with Gasteiger partial charge < -0.3 is 9.15 Å². The summed E-state index contributed by atoms with van der Waals surface area (Å²) in [4.78, 5) is 12.6. The Labute approximate surface area is 108 Å². The molecule has 0 amide bonds. The summed E-state index contributed by atoms with van der Waals surface area (Å²) in [6.45, 7) is 3.93. The molecule has 3 nitrogen and oxygen atoms in total. The molecule has 0 saturated carbocycles. The molecule has 0 aliphatic carbocycles. The van der Waals surface area contributed by atoms with Gasteiger partial charge in [-0.05, 0) is 53.7 Å². The Bertz CT molecular complexity index is 562. The molecule has 0 atom stereocenters. The highest BCUT2D eigenvalue weighted by Crippen LogP contribution is 2.31. The Morgan fingerprint density at radius 2 is 2.29 bits per heavy atom. The predicted octanol–water partition coefficient (Wildman–Crippen LogP) is 4.16. The van der Waals surface area contributed by atoms with Gasteiger partial charge in [-0.15, -0.1) is 0 Å². The molecule has 0 aliphatic heterocycles. The molecule has 0 saturated heterocycles. The highest BCUT2D eigenvalue weighted by molar-refractivity contribution is 8.21. The number of ether oxygens (including phenoxy) is 1. The maximum Gasteiger partial charge on any atom is 0.374 e. The van der Waals surface area contributed by atoms with Gasteiger partial charge >= 0.3 is 5.97 Å². The van der Waals surface area contributed by atoms with E-state index in [9.17, 15) is 4.79 Å². The Hall–Kier alpha value is -1.13. The number of aryl methyl sites for hydroxylation is 1. The Kier molecular flexibility index (Phi) is 3.64. The van der Waals surface area contributed by atoms with E-state index in [2.05, 4.69) is 0 Å². The van der Waals surface area contributed by atoms with E-state index in [4.69, 9.17) is 19.8 Å². The number of rotatable bonds is 3. The number of hydrogen-bond acceptors (Lipinski definition) is 4. The molecular formula is C12H11ClO3S. The van der Waals surface area contributed by atoms with Crippen LogP contribution >= 0.6 is 21.7 Å². The SMILES string of the molecule is CCOC(=O)c1oc2ccc(SCl)cc2c1C. The van der Waals surface area contributed by atoms with E-state index in [-0.39, 0.29) is 5.76 Å². The molecule has 0 aliphatic rings. The summed E-state index contributed by atoms with van der Waals surface area (Å²) in [7, 11) is 6.83. The van der Waals surface area contributed by atoms with Gasteiger partial charge in [-0.2, -0.15) is 0 Å². The van der Waals surface area contributed by atoms with Crippen LogP contribution in [0.2, 0.25) is 0 Å². The number of carbonyl (C=O) groups excluding carboxylic acids is 1. The van der Waals surface area contributed by atoms with Gasteiger partial charge in [0.05, 0.1) is 6.61 Å². The van der Waals surface area contributed by atoms with Gasteiger partial charge in [0.25, 0.3) is 0 Å². The smallest absolute Gasteiger partial charge is 0.374 e. The van der Waals surface area contributed by atoms with Gasteiger partial charge in [-0.1, -0.05) is 0 Å². The Balaban J connectivity index is 2.53. The first-order valence-corrected chi connectivity index (χ1v) is 6.80. The van der Waals surface area contributed by atoms with Gasteiger partial charge in [0, 0.05) is 15.8 Å². The molecule has 1 aromatic carbocycles. The maximum atomic E-state index is 11.6. The molecule has 2 aromatic rings. The van der Waals surface area contributed by atoms with E-state index in [1.165, 1.54) is 0 Å². The lowest BCUT2D eigenvalue weighted by Gasteiger charge is -1.98. The molecule has 17 heavy (non-hydrogen) atoms. The van der Waals surface area contributed by atoms with Crippen molar-refractivity contribution in [3.63, 3.8) is 0 Å². The lowest BCUT2D eigenvalue weighted by Crippen LogP contribution is -2.04. The number of halogens is 1. The fourth-order valence-corrected chi connectivity index (χ4v) is 2.21. The molecule has 0 N–H and O–H groups in total. The molecule has 2 rings (SSSR count). The van der Waals surface area contributed by atoms with Crippen molar-refractivity contribution >= 4 is 38.6 Å². The summed E-state index contributed by atoms with van der Waals surface area (Å²) in [5.74, 6) is -0.167. The van der Waals surface area contributed by atoms with Crippen molar-refractivity contribution in [3.05, 3.63) is 29.5 Å². The number of furan rings is 1. The van der Waals surface area contributed by atoms with E-state index in [1.807, 2.05) is 19.1 Å². The van der Waals surface area contributed by atoms with Crippen LogP contribution in [0.3, 0.4) is 0 Å². The minimum atomic E-state index is -0.429. The van der Waals surface area contributed by atoms with Gasteiger partial charge in [-0.3, -0.25) is 0 Å². The van der Waals surface area contributed by atoms with Crippen LogP contribution in [0.25, 0.3) is 11.0 Å². The lowest BCUT2D eigenvalue weighted by molar-refractivity contribution is 0.0491. The minimum Gasteiger partial charge on any atom is -0.460 e. The van der Waals surface area contributed by atoms with Gasteiger partial charge in [0.1, 0.15) is 5.58 Å². The van der Waals surface area contributed by atoms with Gasteiger partial charge in [0.15, 0.2) is 0 Å². The van der Waals surface area contributed by atoms with Crippen molar-refractivity contribution < 1.29 is 13.9 Å². The van der Waals surface area contributed by atoms with Crippen LogP contribution in [0, 0.1) is 6.92 Å². The van der Waals surface area contributed by atoms with Crippen molar-refractivity contribution in [2.45, 2.75) is 18.7 Å². The normalized spacial score (nSPS) is 10.8. The van der Waals surface area contributed by atoms with Crippen LogP contribution < -0.4 is 0 Å². The van der Waals surface area contributed by atoms with Crippen molar-refractivity contribution in [1.29, 1.82) is 0 Å². The average molecular weight is 271 g/mol. The molecule has 1 heterocycles. The zero-order valence-corrected chi connectivity index (χ0v) is 11.0. The summed E-state index contributed by atoms with van der Waals surface area (Å²) < 4.78 is 10.4. The van der Waals surface area contributed by atoms with Crippen molar-refractivity contribution in [2.24, 2.45) is 0 Å². The summed E-state index contributed by atoms with van der Waals surface area (Å²) in [5, 5.41) is 0.888. The highest BCUT2D eigenvalue weighted by Gasteiger charge is 2.18. The van der Waals surface area contributed by atoms with Crippen LogP contribution in [0.1, 0.15) is 23.0 Å². The molecule has 0 spiro atoms. The fourth-order valence-electron chi connectivity index (χ4n) is 1.64. The summed E-state index contributed by atoms with van der Waals surface area (Å²) in [5.41, 5.74) is 1.45. The van der Waals surface area contributed by atoms with Crippen molar-refractivity contribution in [2.75, 3.05) is 6.61 Å². The lowest BCUT2D eigenvalue weighted by atomic mass is 10.1. The molecule has 0 bridgehead atoms. The maximum absolute atomic E-state index is 11.6. The third-order valence-electron chi connectivity index (χ3n) is 2.46. The number of carbonyl (C=O) groups is 1. The van der Waals surface area contributed by atoms with Crippen LogP contribution in [0.15, 0.2) is 27.5 Å². The van der Waals surface area contributed by atoms with E-state index < -0.39 is 5.97 Å². The monoisotopic (exact) mass is 270 g/mol. The Morgan fingerprint density at radius 3 is 2.94 bits per heavy atom. The molecule has 0 unspecified atom stereocenters. The summed E-state index contributed by atoms with van der Waals surface area (Å²) in [6, 6.07) is 5.54. The number of esters is 1. The standard InChI is InChI=1S/C12H11ClO3S/c1-3-15-12(14)11-7(2)9-6-8(17-13)4-5-10(9)16-11/h4-6H,3H2,1-2H3. The Morgan fingerprint density at radius 1 is 1.53 bits per heavy atom. The first-order valence-electron chi connectivity index (χ1n) is 5.16. The molecule has 0 fully saturated rings. The van der Waals surface area contributed by atoms with Gasteiger partial charge in [0.2, 0.25) is 5.76 Å². The average Bonchev–Trinajstić information content (AvgIpc) is 2.67. The highest BCUT2D eigenvalue weighted by atomic mass is 35.7. The van der Waals surface area contributed by atoms with Crippen LogP contribution in [-0.4, -0.2) is 12.6 Å². The van der Waals surface area contributed by atoms with Gasteiger partial charge in [-0.25, -0.2) is 4.79 Å². The minimum absolute atomic E-state index is 0.263. The number of fused-ring (bicyclic) bond motifs is 1. The fraction of sp³-hybridized carbons (Fsp3) is 0.250. The van der Waals surface area contributed by atoms with Crippen molar-refractivity contribution in [3.8, 4) is 0 Å². The number of hydrogen-bond donors (Lipinski definition) is 0. The largest absolute Gasteiger partial charge is 0.460 e. The molecule has 1 aromatic heterocycles. The third kappa shape index (κ3) is 2.28. The molecule has 90 valence electrons. The summed E-state index contributed by atoms with van der Waals surface area (Å²) in [6.07, 6.45) is 0. The van der Waals surface area contributed by atoms with Crippen LogP contribution in [-0.2, 0) is 4.74 Å². The van der Waals surface area contributed by atoms with Crippen molar-refractivity contribution in [1.82, 2.24) is 0 Å². The molecular weight excluding hydrogens is 260 g/mol. The second kappa shape index (κ2) is 5.02. The first kappa shape index (κ1) is 12.3. The zero-order valence-electron chi connectivity index (χ0n) is 9.45. The van der Waals surface area contributed by atoms with E-state index in [0.29, 0.717) is 12.2 Å². The first-order chi connectivity index (χ1) is 8.17. The summed E-state index contributed by atoms with van der Waals surface area (Å²) >= 11 is 0. The quantitative estimate of drug-likeness (QED) is 0.785. The van der Waals surface area contributed by atoms with Crippen LogP contribution in [0.5, 0.6) is 0 Å².